The Labute approximate surface area is 103 Å². The largest absolute Gasteiger partial charge is 0.381 e. The van der Waals surface area contributed by atoms with E-state index in [0.29, 0.717) is 5.92 Å². The molecule has 1 saturated carbocycles. The molecule has 0 bridgehead atoms. The molecule has 5 heteroatoms. The quantitative estimate of drug-likeness (QED) is 0.770. The first-order chi connectivity index (χ1) is 7.27. The van der Waals surface area contributed by atoms with Crippen LogP contribution in [0.25, 0.3) is 0 Å². The first kappa shape index (κ1) is 13.7. The van der Waals surface area contributed by atoms with Crippen LogP contribution in [0.2, 0.25) is 0 Å². The van der Waals surface area contributed by atoms with Crippen molar-refractivity contribution in [2.24, 2.45) is 17.6 Å². The number of ether oxygens (including phenoxy) is 1. The Bertz CT molecular complexity index is 228. The highest BCUT2D eigenvalue weighted by molar-refractivity contribution is 5.85. The normalized spacial score (nSPS) is 23.3. The topological polar surface area (TPSA) is 64.4 Å². The van der Waals surface area contributed by atoms with E-state index in [1.54, 1.807) is 0 Å². The molecule has 0 aromatic heterocycles. The van der Waals surface area contributed by atoms with E-state index in [9.17, 15) is 4.79 Å². The zero-order valence-electron chi connectivity index (χ0n) is 9.48. The van der Waals surface area contributed by atoms with E-state index in [-0.39, 0.29) is 24.4 Å². The Kier molecular flexibility index (Phi) is 5.52. The molecule has 2 rings (SSSR count). The Balaban J connectivity index is 0.00000128. The fourth-order valence-corrected chi connectivity index (χ4v) is 1.97. The minimum absolute atomic E-state index is 0. The molecule has 2 aliphatic rings. The minimum Gasteiger partial charge on any atom is -0.381 e. The number of amides is 1. The van der Waals surface area contributed by atoms with E-state index in [1.165, 1.54) is 12.8 Å². The van der Waals surface area contributed by atoms with Gasteiger partial charge in [-0.3, -0.25) is 4.79 Å². The molecule has 94 valence electrons. The third-order valence-corrected chi connectivity index (χ3v) is 3.34. The molecule has 0 aromatic carbocycles. The van der Waals surface area contributed by atoms with E-state index in [0.717, 1.165) is 38.5 Å². The first-order valence-electron chi connectivity index (χ1n) is 5.88. The first-order valence-corrected chi connectivity index (χ1v) is 5.88. The van der Waals surface area contributed by atoms with Crippen LogP contribution < -0.4 is 11.1 Å². The molecule has 1 saturated heterocycles. The van der Waals surface area contributed by atoms with Crippen LogP contribution in [0.4, 0.5) is 0 Å². The predicted molar refractivity (Wildman–Crippen MR) is 64.5 cm³/mol. The number of carbonyl (C=O) groups excluding carboxylic acids is 1. The number of rotatable bonds is 4. The SMILES string of the molecule is Cl.NC(C(=O)NCC1CC1)C1CCOCC1. The van der Waals surface area contributed by atoms with Crippen molar-refractivity contribution >= 4 is 18.3 Å². The number of hydrogen-bond donors (Lipinski definition) is 2. The molecule has 2 fully saturated rings. The minimum atomic E-state index is -0.340. The standard InChI is InChI=1S/C11H20N2O2.ClH/c12-10(9-3-5-15-6-4-9)11(14)13-7-8-1-2-8;/h8-10H,1-7,12H2,(H,13,14);1H. The highest BCUT2D eigenvalue weighted by Crippen LogP contribution is 2.27. The van der Waals surface area contributed by atoms with Crippen molar-refractivity contribution in [1.29, 1.82) is 0 Å². The molecule has 1 atom stereocenters. The molecule has 0 aromatic rings. The molecule has 4 nitrogen and oxygen atoms in total. The van der Waals surface area contributed by atoms with Crippen molar-refractivity contribution in [3.05, 3.63) is 0 Å². The fourth-order valence-electron chi connectivity index (χ4n) is 1.97. The second kappa shape index (κ2) is 6.42. The van der Waals surface area contributed by atoms with Crippen molar-refractivity contribution in [1.82, 2.24) is 5.32 Å². The monoisotopic (exact) mass is 248 g/mol. The zero-order chi connectivity index (χ0) is 10.7. The summed E-state index contributed by atoms with van der Waals surface area (Å²) < 4.78 is 5.25. The van der Waals surface area contributed by atoms with Gasteiger partial charge >= 0.3 is 0 Å². The van der Waals surface area contributed by atoms with Gasteiger partial charge in [-0.1, -0.05) is 0 Å². The predicted octanol–water partition coefficient (Wildman–Crippen LogP) is 0.688. The molecular formula is C11H21ClN2O2. The van der Waals surface area contributed by atoms with Gasteiger partial charge in [-0.2, -0.15) is 0 Å². The van der Waals surface area contributed by atoms with Crippen LogP contribution in [0.3, 0.4) is 0 Å². The summed E-state index contributed by atoms with van der Waals surface area (Å²) in [6.45, 7) is 2.30. The highest BCUT2D eigenvalue weighted by Gasteiger charge is 2.28. The van der Waals surface area contributed by atoms with Gasteiger partial charge in [-0.25, -0.2) is 0 Å². The summed E-state index contributed by atoms with van der Waals surface area (Å²) in [4.78, 5) is 11.7. The number of halogens is 1. The van der Waals surface area contributed by atoms with E-state index >= 15 is 0 Å². The maximum Gasteiger partial charge on any atom is 0.237 e. The fraction of sp³-hybridized carbons (Fsp3) is 0.909. The number of nitrogens with two attached hydrogens (primary N) is 1. The summed E-state index contributed by atoms with van der Waals surface area (Å²) in [5.41, 5.74) is 5.93. The van der Waals surface area contributed by atoms with Crippen LogP contribution in [0.5, 0.6) is 0 Å². The molecular weight excluding hydrogens is 228 g/mol. The van der Waals surface area contributed by atoms with E-state index in [2.05, 4.69) is 5.32 Å². The van der Waals surface area contributed by atoms with Crippen molar-refractivity contribution in [3.63, 3.8) is 0 Å². The summed E-state index contributed by atoms with van der Waals surface area (Å²) in [6, 6.07) is -0.340. The molecule has 3 N–H and O–H groups in total. The lowest BCUT2D eigenvalue weighted by atomic mass is 9.92. The van der Waals surface area contributed by atoms with Gasteiger partial charge in [0.2, 0.25) is 5.91 Å². The van der Waals surface area contributed by atoms with E-state index < -0.39 is 0 Å². The average Bonchev–Trinajstić information content (AvgIpc) is 3.10. The molecule has 1 aliphatic carbocycles. The lowest BCUT2D eigenvalue weighted by molar-refractivity contribution is -0.124. The number of nitrogens with one attached hydrogen (secondary N) is 1. The van der Waals surface area contributed by atoms with Gasteiger partial charge in [0.1, 0.15) is 0 Å². The Hall–Kier alpha value is -0.320. The molecule has 1 unspecified atom stereocenters. The molecule has 0 radical (unpaired) electrons. The Morgan fingerprint density at radius 1 is 1.31 bits per heavy atom. The summed E-state index contributed by atoms with van der Waals surface area (Å²) in [5, 5.41) is 2.94. The van der Waals surface area contributed by atoms with Gasteiger partial charge in [-0.15, -0.1) is 12.4 Å². The lowest BCUT2D eigenvalue weighted by Gasteiger charge is -2.26. The van der Waals surface area contributed by atoms with Gasteiger partial charge in [0.25, 0.3) is 0 Å². The third-order valence-electron chi connectivity index (χ3n) is 3.34. The second-order valence-corrected chi connectivity index (χ2v) is 4.66. The molecule has 16 heavy (non-hydrogen) atoms. The van der Waals surface area contributed by atoms with Crippen molar-refractivity contribution in [3.8, 4) is 0 Å². The van der Waals surface area contributed by atoms with Gasteiger partial charge < -0.3 is 15.8 Å². The van der Waals surface area contributed by atoms with Crippen molar-refractivity contribution in [2.75, 3.05) is 19.8 Å². The Morgan fingerprint density at radius 2 is 1.94 bits per heavy atom. The number of hydrogen-bond acceptors (Lipinski definition) is 3. The molecule has 1 aliphatic heterocycles. The zero-order valence-corrected chi connectivity index (χ0v) is 10.3. The average molecular weight is 249 g/mol. The Morgan fingerprint density at radius 3 is 2.50 bits per heavy atom. The van der Waals surface area contributed by atoms with E-state index in [1.807, 2.05) is 0 Å². The lowest BCUT2D eigenvalue weighted by Crippen LogP contribution is -2.47. The maximum atomic E-state index is 11.7. The molecule has 0 spiro atoms. The van der Waals surface area contributed by atoms with Gasteiger partial charge in [0, 0.05) is 19.8 Å². The van der Waals surface area contributed by atoms with Gasteiger partial charge in [0.05, 0.1) is 6.04 Å². The molecule has 1 amide bonds. The molecule has 1 heterocycles. The van der Waals surface area contributed by atoms with Crippen molar-refractivity contribution < 1.29 is 9.53 Å². The number of carbonyl (C=O) groups is 1. The van der Waals surface area contributed by atoms with Crippen LogP contribution in [-0.2, 0) is 9.53 Å². The maximum absolute atomic E-state index is 11.7. The smallest absolute Gasteiger partial charge is 0.237 e. The van der Waals surface area contributed by atoms with Crippen LogP contribution >= 0.6 is 12.4 Å². The summed E-state index contributed by atoms with van der Waals surface area (Å²) >= 11 is 0. The van der Waals surface area contributed by atoms with E-state index in [4.69, 9.17) is 10.5 Å². The summed E-state index contributed by atoms with van der Waals surface area (Å²) in [6.07, 6.45) is 4.34. The van der Waals surface area contributed by atoms with Crippen LogP contribution in [0.1, 0.15) is 25.7 Å². The summed E-state index contributed by atoms with van der Waals surface area (Å²) in [5.74, 6) is 1.04. The summed E-state index contributed by atoms with van der Waals surface area (Å²) in [7, 11) is 0. The van der Waals surface area contributed by atoms with Crippen LogP contribution in [-0.4, -0.2) is 31.7 Å². The van der Waals surface area contributed by atoms with Gasteiger partial charge in [0.15, 0.2) is 0 Å². The second-order valence-electron chi connectivity index (χ2n) is 4.66. The highest BCUT2D eigenvalue weighted by atomic mass is 35.5. The van der Waals surface area contributed by atoms with Crippen LogP contribution in [0.15, 0.2) is 0 Å². The van der Waals surface area contributed by atoms with Crippen molar-refractivity contribution in [2.45, 2.75) is 31.7 Å². The third kappa shape index (κ3) is 3.92. The van der Waals surface area contributed by atoms with Gasteiger partial charge in [-0.05, 0) is 37.5 Å². The van der Waals surface area contributed by atoms with Crippen LogP contribution in [0, 0.1) is 11.8 Å².